The van der Waals surface area contributed by atoms with Crippen molar-refractivity contribution in [2.45, 2.75) is 29.5 Å². The smallest absolute Gasteiger partial charge is 0.181 e. The molecule has 33 heavy (non-hydrogen) atoms. The van der Waals surface area contributed by atoms with E-state index in [1.807, 2.05) is 12.1 Å². The first-order valence-electron chi connectivity index (χ1n) is 10.5. The molecule has 0 spiro atoms. The molecule has 1 heterocycles. The predicted octanol–water partition coefficient (Wildman–Crippen LogP) is 5.08. The van der Waals surface area contributed by atoms with E-state index in [1.54, 1.807) is 41.3 Å². The van der Waals surface area contributed by atoms with Crippen molar-refractivity contribution in [2.24, 2.45) is 0 Å². The van der Waals surface area contributed by atoms with Crippen LogP contribution in [0.25, 0.3) is 11.1 Å². The summed E-state index contributed by atoms with van der Waals surface area (Å²) in [7, 11) is -3.56. The summed E-state index contributed by atoms with van der Waals surface area (Å²) in [6.45, 7) is 0.691. The third-order valence-electron chi connectivity index (χ3n) is 5.99. The second kappa shape index (κ2) is 9.38. The molecule has 0 aromatic heterocycles. The highest BCUT2D eigenvalue weighted by Gasteiger charge is 2.31. The van der Waals surface area contributed by atoms with Crippen molar-refractivity contribution in [3.63, 3.8) is 0 Å². The summed E-state index contributed by atoms with van der Waals surface area (Å²) in [5, 5.41) is 8.32. The van der Waals surface area contributed by atoms with Crippen molar-refractivity contribution < 1.29 is 21.6 Å². The van der Waals surface area contributed by atoms with Crippen LogP contribution in [0.15, 0.2) is 65.6 Å². The lowest BCUT2D eigenvalue weighted by molar-refractivity contribution is 0.216. The van der Waals surface area contributed by atoms with Crippen LogP contribution < -0.4 is 0 Å². The Morgan fingerprint density at radius 2 is 1.39 bits per heavy atom. The first kappa shape index (κ1) is 23.0. The summed E-state index contributed by atoms with van der Waals surface area (Å²) < 4.78 is 67.2. The number of sulfone groups is 1. The number of halogens is 3. The SMILES string of the molecule is N#Cc1ccc(-c2ccc(S(=O)(=O)C3CCN(Cc4c(F)cc(F)cc4F)CC3)cc2)cc1. The van der Waals surface area contributed by atoms with Crippen LogP contribution in [0.2, 0.25) is 0 Å². The third-order valence-corrected chi connectivity index (χ3v) is 8.27. The van der Waals surface area contributed by atoms with E-state index < -0.39 is 32.5 Å². The van der Waals surface area contributed by atoms with Gasteiger partial charge in [-0.05, 0) is 61.3 Å². The number of hydrogen-bond donors (Lipinski definition) is 0. The molecule has 0 aliphatic carbocycles. The molecule has 1 aliphatic heterocycles. The van der Waals surface area contributed by atoms with Crippen molar-refractivity contribution in [1.82, 2.24) is 4.90 Å². The van der Waals surface area contributed by atoms with Gasteiger partial charge in [0, 0.05) is 24.2 Å². The zero-order valence-electron chi connectivity index (χ0n) is 17.6. The van der Waals surface area contributed by atoms with E-state index >= 15 is 0 Å². The number of hydrogen-bond acceptors (Lipinski definition) is 4. The third kappa shape index (κ3) is 4.95. The molecule has 1 fully saturated rings. The molecule has 3 aromatic carbocycles. The van der Waals surface area contributed by atoms with Crippen LogP contribution in [-0.2, 0) is 16.4 Å². The number of piperidine rings is 1. The Balaban J connectivity index is 1.42. The molecule has 1 aliphatic rings. The largest absolute Gasteiger partial charge is 0.299 e. The Kier molecular flexibility index (Phi) is 6.54. The van der Waals surface area contributed by atoms with Crippen molar-refractivity contribution >= 4 is 9.84 Å². The lowest BCUT2D eigenvalue weighted by atomic mass is 10.0. The highest BCUT2D eigenvalue weighted by atomic mass is 32.2. The van der Waals surface area contributed by atoms with Gasteiger partial charge in [0.1, 0.15) is 17.5 Å². The maximum Gasteiger partial charge on any atom is 0.181 e. The van der Waals surface area contributed by atoms with Gasteiger partial charge in [-0.1, -0.05) is 24.3 Å². The van der Waals surface area contributed by atoms with E-state index in [-0.39, 0.29) is 17.0 Å². The average molecular weight is 471 g/mol. The van der Waals surface area contributed by atoms with Gasteiger partial charge >= 0.3 is 0 Å². The van der Waals surface area contributed by atoms with E-state index in [2.05, 4.69) is 6.07 Å². The number of likely N-dealkylation sites (tertiary alicyclic amines) is 1. The second-order valence-electron chi connectivity index (χ2n) is 8.08. The Bertz CT molecular complexity index is 1270. The quantitative estimate of drug-likeness (QED) is 0.522. The Labute approximate surface area is 190 Å². The number of benzene rings is 3. The fourth-order valence-electron chi connectivity index (χ4n) is 4.09. The summed E-state index contributed by atoms with van der Waals surface area (Å²) in [6.07, 6.45) is 0.675. The van der Waals surface area contributed by atoms with Crippen molar-refractivity contribution in [3.05, 3.63) is 89.2 Å². The van der Waals surface area contributed by atoms with Crippen molar-refractivity contribution in [2.75, 3.05) is 13.1 Å². The van der Waals surface area contributed by atoms with Crippen LogP contribution in [0, 0.1) is 28.8 Å². The molecular weight excluding hydrogens is 449 g/mol. The van der Waals surface area contributed by atoms with Gasteiger partial charge in [-0.25, -0.2) is 21.6 Å². The van der Waals surface area contributed by atoms with Crippen LogP contribution in [0.4, 0.5) is 13.2 Å². The maximum absolute atomic E-state index is 13.9. The second-order valence-corrected chi connectivity index (χ2v) is 10.3. The van der Waals surface area contributed by atoms with E-state index in [9.17, 15) is 21.6 Å². The van der Waals surface area contributed by atoms with Crippen LogP contribution >= 0.6 is 0 Å². The minimum Gasteiger partial charge on any atom is -0.299 e. The molecule has 1 saturated heterocycles. The zero-order valence-corrected chi connectivity index (χ0v) is 18.5. The van der Waals surface area contributed by atoms with Gasteiger partial charge in [0.2, 0.25) is 0 Å². The number of nitrogens with zero attached hydrogens (tertiary/aromatic N) is 2. The van der Waals surface area contributed by atoms with Gasteiger partial charge in [0.25, 0.3) is 0 Å². The molecule has 0 atom stereocenters. The van der Waals surface area contributed by atoms with Crippen molar-refractivity contribution in [1.29, 1.82) is 5.26 Å². The van der Waals surface area contributed by atoms with Gasteiger partial charge in [-0.2, -0.15) is 5.26 Å². The monoisotopic (exact) mass is 470 g/mol. The van der Waals surface area contributed by atoms with E-state index in [4.69, 9.17) is 5.26 Å². The van der Waals surface area contributed by atoms with E-state index in [1.165, 1.54) is 0 Å². The first-order chi connectivity index (χ1) is 15.8. The number of rotatable bonds is 5. The van der Waals surface area contributed by atoms with E-state index in [0.29, 0.717) is 43.6 Å². The maximum atomic E-state index is 13.9. The van der Waals surface area contributed by atoms with Gasteiger partial charge in [-0.3, -0.25) is 4.90 Å². The van der Waals surface area contributed by atoms with Crippen LogP contribution in [-0.4, -0.2) is 31.7 Å². The molecule has 8 heteroatoms. The highest BCUT2D eigenvalue weighted by molar-refractivity contribution is 7.92. The summed E-state index contributed by atoms with van der Waals surface area (Å²) in [4.78, 5) is 2.01. The molecular formula is C25H21F3N2O2S. The Morgan fingerprint density at radius 1 is 0.879 bits per heavy atom. The molecule has 0 radical (unpaired) electrons. The molecule has 0 N–H and O–H groups in total. The van der Waals surface area contributed by atoms with Gasteiger partial charge in [0.05, 0.1) is 21.8 Å². The highest BCUT2D eigenvalue weighted by Crippen LogP contribution is 2.28. The summed E-state index contributed by atoms with van der Waals surface area (Å²) in [5.41, 5.74) is 2.06. The van der Waals surface area contributed by atoms with Crippen LogP contribution in [0.1, 0.15) is 24.0 Å². The molecule has 0 bridgehead atoms. The zero-order chi connectivity index (χ0) is 23.6. The molecule has 4 rings (SSSR count). The first-order valence-corrected chi connectivity index (χ1v) is 12.0. The fourth-order valence-corrected chi connectivity index (χ4v) is 5.82. The molecule has 0 amide bonds. The van der Waals surface area contributed by atoms with Crippen molar-refractivity contribution in [3.8, 4) is 17.2 Å². The van der Waals surface area contributed by atoms with Gasteiger partial charge in [-0.15, -0.1) is 0 Å². The Morgan fingerprint density at radius 3 is 1.91 bits per heavy atom. The molecule has 3 aromatic rings. The summed E-state index contributed by atoms with van der Waals surface area (Å²) >= 11 is 0. The van der Waals surface area contributed by atoms with E-state index in [0.717, 1.165) is 11.1 Å². The Hall–Kier alpha value is -3.15. The standard InChI is InChI=1S/C25H21F3N2O2S/c26-20-13-24(27)23(25(28)14-20)16-30-11-9-22(10-12-30)33(31,32)21-7-5-19(6-8-21)18-3-1-17(15-29)2-4-18/h1-8,13-14,22H,9-12,16H2. The van der Waals surface area contributed by atoms with Crippen LogP contribution in [0.3, 0.4) is 0 Å². The van der Waals surface area contributed by atoms with Crippen LogP contribution in [0.5, 0.6) is 0 Å². The van der Waals surface area contributed by atoms with Gasteiger partial charge < -0.3 is 0 Å². The lowest BCUT2D eigenvalue weighted by Gasteiger charge is -2.31. The topological polar surface area (TPSA) is 61.2 Å². The number of nitriles is 1. The summed E-state index contributed by atoms with van der Waals surface area (Å²) in [5.74, 6) is -2.85. The minimum absolute atomic E-state index is 0.0377. The fraction of sp³-hybridized carbons (Fsp3) is 0.240. The molecule has 0 unspecified atom stereocenters. The molecule has 4 nitrogen and oxygen atoms in total. The lowest BCUT2D eigenvalue weighted by Crippen LogP contribution is -2.39. The molecule has 170 valence electrons. The normalized spacial score (nSPS) is 15.3. The predicted molar refractivity (Wildman–Crippen MR) is 118 cm³/mol. The average Bonchev–Trinajstić information content (AvgIpc) is 2.82. The molecule has 0 saturated carbocycles. The van der Waals surface area contributed by atoms with Gasteiger partial charge in [0.15, 0.2) is 9.84 Å². The summed E-state index contributed by atoms with van der Waals surface area (Å²) in [6, 6.07) is 17.0. The minimum atomic E-state index is -3.56.